The second kappa shape index (κ2) is 8.89. The van der Waals surface area contributed by atoms with Gasteiger partial charge < -0.3 is 10.2 Å². The summed E-state index contributed by atoms with van der Waals surface area (Å²) in [6.07, 6.45) is 6.37. The van der Waals surface area contributed by atoms with Gasteiger partial charge in [0.1, 0.15) is 4.88 Å². The van der Waals surface area contributed by atoms with Crippen LogP contribution in [0.3, 0.4) is 0 Å². The summed E-state index contributed by atoms with van der Waals surface area (Å²) in [5.41, 5.74) is 1.41. The SMILES string of the molecule is Cc1nc(-c2ncccn2)sc1C(=O)Nc1cc(Cl)ccc1C(=O)N1CCCCC1. The van der Waals surface area contributed by atoms with Gasteiger partial charge in [0.25, 0.3) is 11.8 Å². The summed E-state index contributed by atoms with van der Waals surface area (Å²) in [6, 6.07) is 6.65. The number of amides is 2. The van der Waals surface area contributed by atoms with Gasteiger partial charge in [-0.1, -0.05) is 11.6 Å². The number of likely N-dealkylation sites (tertiary alicyclic amines) is 1. The topological polar surface area (TPSA) is 88.1 Å². The minimum atomic E-state index is -0.345. The van der Waals surface area contributed by atoms with Crippen molar-refractivity contribution in [3.05, 3.63) is 57.8 Å². The molecule has 4 rings (SSSR count). The summed E-state index contributed by atoms with van der Waals surface area (Å²) in [5, 5.41) is 3.86. The first-order valence-electron chi connectivity index (χ1n) is 9.68. The van der Waals surface area contributed by atoms with Gasteiger partial charge in [0.05, 0.1) is 16.9 Å². The maximum Gasteiger partial charge on any atom is 0.267 e. The number of aryl methyl sites for hydroxylation is 1. The number of carbonyl (C=O) groups excluding carboxylic acids is 2. The van der Waals surface area contributed by atoms with E-state index in [4.69, 9.17) is 11.6 Å². The Morgan fingerprint density at radius 3 is 2.60 bits per heavy atom. The lowest BCUT2D eigenvalue weighted by Gasteiger charge is -2.27. The first-order valence-corrected chi connectivity index (χ1v) is 10.9. The highest BCUT2D eigenvalue weighted by Crippen LogP contribution is 2.28. The maximum absolute atomic E-state index is 13.0. The Bertz CT molecular complexity index is 1080. The Morgan fingerprint density at radius 1 is 1.13 bits per heavy atom. The highest BCUT2D eigenvalue weighted by molar-refractivity contribution is 7.17. The van der Waals surface area contributed by atoms with Crippen molar-refractivity contribution in [3.63, 3.8) is 0 Å². The van der Waals surface area contributed by atoms with Crippen molar-refractivity contribution in [1.82, 2.24) is 19.9 Å². The lowest BCUT2D eigenvalue weighted by atomic mass is 10.1. The molecule has 0 radical (unpaired) electrons. The highest BCUT2D eigenvalue weighted by atomic mass is 35.5. The van der Waals surface area contributed by atoms with Gasteiger partial charge in [0.2, 0.25) is 0 Å². The molecule has 0 bridgehead atoms. The highest BCUT2D eigenvalue weighted by Gasteiger charge is 2.23. The van der Waals surface area contributed by atoms with E-state index in [2.05, 4.69) is 20.3 Å². The van der Waals surface area contributed by atoms with Crippen LogP contribution in [0.2, 0.25) is 5.02 Å². The molecule has 1 aliphatic rings. The van der Waals surface area contributed by atoms with E-state index in [9.17, 15) is 9.59 Å². The average molecular weight is 442 g/mol. The second-order valence-corrected chi connectivity index (χ2v) is 8.44. The largest absolute Gasteiger partial charge is 0.339 e. The molecule has 1 saturated heterocycles. The van der Waals surface area contributed by atoms with Crippen LogP contribution in [0, 0.1) is 6.92 Å². The molecule has 154 valence electrons. The van der Waals surface area contributed by atoms with Crippen LogP contribution in [0.1, 0.15) is 45.0 Å². The Morgan fingerprint density at radius 2 is 1.87 bits per heavy atom. The number of aromatic nitrogens is 3. The van der Waals surface area contributed by atoms with Gasteiger partial charge in [0, 0.05) is 30.5 Å². The molecule has 30 heavy (non-hydrogen) atoms. The monoisotopic (exact) mass is 441 g/mol. The van der Waals surface area contributed by atoms with E-state index in [1.165, 1.54) is 11.3 Å². The number of piperidine rings is 1. The smallest absolute Gasteiger partial charge is 0.267 e. The molecule has 1 aliphatic heterocycles. The Hall–Kier alpha value is -2.84. The molecule has 7 nitrogen and oxygen atoms in total. The third kappa shape index (κ3) is 4.34. The van der Waals surface area contributed by atoms with E-state index in [0.717, 1.165) is 32.4 Å². The van der Waals surface area contributed by atoms with Gasteiger partial charge in [-0.2, -0.15) is 0 Å². The van der Waals surface area contributed by atoms with Crippen molar-refractivity contribution in [3.8, 4) is 10.8 Å². The number of rotatable bonds is 4. The number of nitrogens with one attached hydrogen (secondary N) is 1. The van der Waals surface area contributed by atoms with Gasteiger partial charge in [-0.25, -0.2) is 15.0 Å². The van der Waals surface area contributed by atoms with E-state index in [1.807, 2.05) is 4.90 Å². The van der Waals surface area contributed by atoms with E-state index < -0.39 is 0 Å². The summed E-state index contributed by atoms with van der Waals surface area (Å²) in [4.78, 5) is 41.1. The van der Waals surface area contributed by atoms with Gasteiger partial charge in [0.15, 0.2) is 10.8 Å². The molecule has 0 aliphatic carbocycles. The van der Waals surface area contributed by atoms with Crippen molar-refractivity contribution >= 4 is 40.4 Å². The zero-order chi connectivity index (χ0) is 21.1. The number of anilines is 1. The lowest BCUT2D eigenvalue weighted by Crippen LogP contribution is -2.36. The van der Waals surface area contributed by atoms with Crippen LogP contribution in [0.4, 0.5) is 5.69 Å². The number of hydrogen-bond acceptors (Lipinski definition) is 6. The van der Waals surface area contributed by atoms with Gasteiger partial charge in [-0.15, -0.1) is 11.3 Å². The van der Waals surface area contributed by atoms with Crippen LogP contribution < -0.4 is 5.32 Å². The zero-order valence-electron chi connectivity index (χ0n) is 16.4. The first-order chi connectivity index (χ1) is 14.5. The summed E-state index contributed by atoms with van der Waals surface area (Å²) in [7, 11) is 0. The molecule has 3 heterocycles. The fourth-order valence-electron chi connectivity index (χ4n) is 3.37. The second-order valence-electron chi connectivity index (χ2n) is 7.00. The summed E-state index contributed by atoms with van der Waals surface area (Å²) < 4.78 is 0. The van der Waals surface area contributed by atoms with E-state index in [0.29, 0.717) is 37.7 Å². The van der Waals surface area contributed by atoms with Gasteiger partial charge in [-0.3, -0.25) is 9.59 Å². The molecule has 2 amide bonds. The van der Waals surface area contributed by atoms with Crippen LogP contribution in [-0.4, -0.2) is 44.8 Å². The number of halogens is 1. The van der Waals surface area contributed by atoms with E-state index in [-0.39, 0.29) is 11.8 Å². The minimum Gasteiger partial charge on any atom is -0.339 e. The van der Waals surface area contributed by atoms with E-state index >= 15 is 0 Å². The summed E-state index contributed by atoms with van der Waals surface area (Å²) in [6.45, 7) is 3.21. The Kier molecular flexibility index (Phi) is 6.06. The number of nitrogens with zero attached hydrogens (tertiary/aromatic N) is 4. The molecule has 0 unspecified atom stereocenters. The lowest BCUT2D eigenvalue weighted by molar-refractivity contribution is 0.0725. The molecule has 0 saturated carbocycles. The normalized spacial score (nSPS) is 13.9. The quantitative estimate of drug-likeness (QED) is 0.646. The number of hydrogen-bond donors (Lipinski definition) is 1. The van der Waals surface area contributed by atoms with Crippen LogP contribution in [0.5, 0.6) is 0 Å². The summed E-state index contributed by atoms with van der Waals surface area (Å²) in [5.74, 6) is 0.0246. The van der Waals surface area contributed by atoms with Crippen LogP contribution >= 0.6 is 22.9 Å². The fraction of sp³-hybridized carbons (Fsp3) is 0.286. The molecule has 3 aromatic rings. The predicted molar refractivity (Wildman–Crippen MR) is 117 cm³/mol. The van der Waals surface area contributed by atoms with Crippen molar-refractivity contribution in [2.24, 2.45) is 0 Å². The molecule has 1 fully saturated rings. The zero-order valence-corrected chi connectivity index (χ0v) is 18.0. The number of benzene rings is 1. The molecule has 2 aromatic heterocycles. The minimum absolute atomic E-state index is 0.0962. The third-order valence-electron chi connectivity index (χ3n) is 4.86. The molecule has 1 N–H and O–H groups in total. The van der Waals surface area contributed by atoms with Crippen molar-refractivity contribution < 1.29 is 9.59 Å². The van der Waals surface area contributed by atoms with Crippen LogP contribution in [0.15, 0.2) is 36.7 Å². The first kappa shape index (κ1) is 20.4. The molecule has 0 spiro atoms. The third-order valence-corrected chi connectivity index (χ3v) is 6.25. The molecule has 0 atom stereocenters. The fourth-order valence-corrected chi connectivity index (χ4v) is 4.45. The predicted octanol–water partition coefficient (Wildman–Crippen LogP) is 4.44. The number of thiazole rings is 1. The number of carbonyl (C=O) groups is 2. The Labute approximate surface area is 183 Å². The average Bonchev–Trinajstić information content (AvgIpc) is 3.16. The van der Waals surface area contributed by atoms with Gasteiger partial charge >= 0.3 is 0 Å². The standard InChI is InChI=1S/C21H20ClN5O2S/c1-13-17(30-20(25-13)18-23-8-5-9-24-18)19(28)26-16-12-14(22)6-7-15(16)21(29)27-10-3-2-4-11-27/h5-9,12H,2-4,10-11H2,1H3,(H,26,28). The molecule has 9 heteroatoms. The van der Waals surface area contributed by atoms with E-state index in [1.54, 1.807) is 43.6 Å². The van der Waals surface area contributed by atoms with Crippen molar-refractivity contribution in [2.45, 2.75) is 26.2 Å². The Balaban J connectivity index is 1.60. The van der Waals surface area contributed by atoms with Gasteiger partial charge in [-0.05, 0) is 50.5 Å². The van der Waals surface area contributed by atoms with Crippen LogP contribution in [0.25, 0.3) is 10.8 Å². The van der Waals surface area contributed by atoms with Crippen molar-refractivity contribution in [2.75, 3.05) is 18.4 Å². The molecule has 1 aromatic carbocycles. The maximum atomic E-state index is 13.0. The molecular formula is C21H20ClN5O2S. The summed E-state index contributed by atoms with van der Waals surface area (Å²) >= 11 is 7.36. The van der Waals surface area contributed by atoms with Crippen LogP contribution in [-0.2, 0) is 0 Å². The van der Waals surface area contributed by atoms with Crippen molar-refractivity contribution in [1.29, 1.82) is 0 Å². The molecular weight excluding hydrogens is 422 g/mol.